The summed E-state index contributed by atoms with van der Waals surface area (Å²) in [5, 5.41) is 25.2. The molecule has 3 aliphatic rings. The van der Waals surface area contributed by atoms with E-state index in [0.717, 1.165) is 0 Å². The first-order valence-corrected chi connectivity index (χ1v) is 14.3. The van der Waals surface area contributed by atoms with Crippen molar-refractivity contribution in [2.75, 3.05) is 19.7 Å². The molecule has 2 aromatic rings. The van der Waals surface area contributed by atoms with E-state index in [9.17, 15) is 28.2 Å². The molecule has 0 spiro atoms. The molecule has 1 aromatic heterocycles. The fourth-order valence-corrected chi connectivity index (χ4v) is 6.47. The molecular weight excluding hydrogens is 601 g/mol. The quantitative estimate of drug-likeness (QED) is 0.283. The maximum Gasteiger partial charge on any atom is 0.338 e. The van der Waals surface area contributed by atoms with Gasteiger partial charge in [-0.25, -0.2) is 22.9 Å². The summed E-state index contributed by atoms with van der Waals surface area (Å²) in [7, 11) is 0. The summed E-state index contributed by atoms with van der Waals surface area (Å²) in [5.74, 6) is -3.78. The normalized spacial score (nSPS) is 24.1. The second kappa shape index (κ2) is 10.9. The summed E-state index contributed by atoms with van der Waals surface area (Å²) in [6.07, 6.45) is 0.893. The molecule has 8 nitrogen and oxygen atoms in total. The number of thiazole rings is 1. The van der Waals surface area contributed by atoms with Crippen molar-refractivity contribution in [3.05, 3.63) is 61.9 Å². The van der Waals surface area contributed by atoms with E-state index in [1.54, 1.807) is 23.4 Å². The lowest BCUT2D eigenvalue weighted by atomic mass is 9.93. The molecule has 3 N–H and O–H groups in total. The molecular formula is C26H28BrF3N4O4S. The minimum Gasteiger partial charge on any atom is -0.463 e. The Labute approximate surface area is 235 Å². The van der Waals surface area contributed by atoms with E-state index in [2.05, 4.69) is 26.2 Å². The Morgan fingerprint density at radius 2 is 2.13 bits per heavy atom. The van der Waals surface area contributed by atoms with Crippen LogP contribution in [0, 0.1) is 11.2 Å². The van der Waals surface area contributed by atoms with Crippen LogP contribution in [0.3, 0.4) is 0 Å². The summed E-state index contributed by atoms with van der Waals surface area (Å²) in [5.41, 5.74) is 0.154. The molecule has 1 saturated carbocycles. The molecule has 0 bridgehead atoms. The number of aromatic nitrogens is 1. The smallest absolute Gasteiger partial charge is 0.338 e. The number of carbonyl (C=O) groups is 1. The Morgan fingerprint density at radius 1 is 1.36 bits per heavy atom. The lowest BCUT2D eigenvalue weighted by Gasteiger charge is -2.32. The van der Waals surface area contributed by atoms with E-state index in [0.29, 0.717) is 39.4 Å². The lowest BCUT2D eigenvalue weighted by molar-refractivity contribution is -0.139. The number of alkyl halides is 2. The molecule has 2 aliphatic heterocycles. The molecule has 0 amide bonds. The molecule has 1 saturated heterocycles. The first-order chi connectivity index (χ1) is 18.5. The average molecular weight is 629 g/mol. The number of aliphatic hydroxyl groups is 2. The van der Waals surface area contributed by atoms with Crippen LogP contribution in [-0.2, 0) is 9.53 Å². The number of rotatable bonds is 9. The minimum atomic E-state index is -2.98. The number of halogens is 4. The van der Waals surface area contributed by atoms with Crippen LogP contribution < -0.4 is 5.32 Å². The van der Waals surface area contributed by atoms with Crippen LogP contribution in [0.2, 0.25) is 0 Å². The number of carbonyl (C=O) groups excluding carboxylic acids is 1. The van der Waals surface area contributed by atoms with Crippen LogP contribution in [0.15, 0.2) is 50.5 Å². The molecule has 1 unspecified atom stereocenters. The van der Waals surface area contributed by atoms with Gasteiger partial charge in [-0.15, -0.1) is 11.3 Å². The molecule has 13 heteroatoms. The molecule has 2 fully saturated rings. The molecule has 210 valence electrons. The number of benzene rings is 1. The van der Waals surface area contributed by atoms with Gasteiger partial charge in [0.2, 0.25) is 0 Å². The van der Waals surface area contributed by atoms with Crippen molar-refractivity contribution in [2.45, 2.75) is 56.9 Å². The third-order valence-corrected chi connectivity index (χ3v) is 8.91. The molecule has 3 heterocycles. The topological polar surface area (TPSA) is 107 Å². The van der Waals surface area contributed by atoms with Crippen LogP contribution in [0.25, 0.3) is 0 Å². The summed E-state index contributed by atoms with van der Waals surface area (Å²) < 4.78 is 49.2. The van der Waals surface area contributed by atoms with Crippen molar-refractivity contribution in [3.8, 4) is 0 Å². The second-order valence-electron chi connectivity index (χ2n) is 10.2. The second-order valence-corrected chi connectivity index (χ2v) is 11.9. The highest BCUT2D eigenvalue weighted by molar-refractivity contribution is 9.10. The number of amidine groups is 1. The highest BCUT2D eigenvalue weighted by Crippen LogP contribution is 2.54. The maximum absolute atomic E-state index is 14.7. The molecule has 39 heavy (non-hydrogen) atoms. The van der Waals surface area contributed by atoms with Crippen molar-refractivity contribution < 1.29 is 32.9 Å². The number of likely N-dealkylation sites (tertiary alicyclic amines) is 1. The number of nitrogens with zero attached hydrogens (tertiary/aromatic N) is 3. The number of aliphatic hydroxyl groups excluding tert-OH is 1. The van der Waals surface area contributed by atoms with E-state index in [1.165, 1.54) is 29.5 Å². The summed E-state index contributed by atoms with van der Waals surface area (Å²) in [6.45, 7) is 1.13. The van der Waals surface area contributed by atoms with Gasteiger partial charge >= 0.3 is 5.97 Å². The maximum atomic E-state index is 14.7. The standard InChI is InChI=1S/C26H28BrF3N4O4S/c1-2-38-23(35)19-18(12-34-13-26(29,30)11-15(34)10-25(5-6-25)24(36)37)32-21(22-31-7-8-39-22)33-20(19)16-4-3-14(28)9-17(16)27/h3-4,7-9,15,20,24,36-37H,2,5-6,10-13H2,1H3,(H,32,33)/t15-,20?/m1/s1. The Hall–Kier alpha value is -2.32. The summed E-state index contributed by atoms with van der Waals surface area (Å²) in [6, 6.07) is 2.48. The molecule has 0 radical (unpaired) electrons. The van der Waals surface area contributed by atoms with Gasteiger partial charge in [-0.1, -0.05) is 22.0 Å². The minimum absolute atomic E-state index is 0.0638. The van der Waals surface area contributed by atoms with Crippen LogP contribution >= 0.6 is 27.3 Å². The number of hydrogen-bond donors (Lipinski definition) is 3. The van der Waals surface area contributed by atoms with Gasteiger partial charge in [0, 0.05) is 46.2 Å². The number of hydrogen-bond acceptors (Lipinski definition) is 9. The van der Waals surface area contributed by atoms with Crippen LogP contribution in [0.4, 0.5) is 13.2 Å². The molecule has 1 aliphatic carbocycles. The third kappa shape index (κ3) is 5.92. The first-order valence-electron chi connectivity index (χ1n) is 12.6. The number of ether oxygens (including phenoxy) is 1. The monoisotopic (exact) mass is 628 g/mol. The van der Waals surface area contributed by atoms with E-state index < -0.39 is 54.5 Å². The highest BCUT2D eigenvalue weighted by atomic mass is 79.9. The van der Waals surface area contributed by atoms with Gasteiger partial charge in [-0.3, -0.25) is 9.89 Å². The van der Waals surface area contributed by atoms with E-state index in [-0.39, 0.29) is 25.1 Å². The zero-order valence-electron chi connectivity index (χ0n) is 21.0. The van der Waals surface area contributed by atoms with Crippen molar-refractivity contribution >= 4 is 39.1 Å². The van der Waals surface area contributed by atoms with E-state index in [4.69, 9.17) is 9.73 Å². The van der Waals surface area contributed by atoms with E-state index in [1.807, 2.05) is 0 Å². The SMILES string of the molecule is CCOC(=O)C1=C(CN2CC(F)(F)C[C@H]2CC2(C(O)O)CC2)NC(c2nccs2)=NC1c1ccc(F)cc1Br. The van der Waals surface area contributed by atoms with Gasteiger partial charge in [0.15, 0.2) is 17.1 Å². The zero-order chi connectivity index (χ0) is 27.9. The van der Waals surface area contributed by atoms with Crippen molar-refractivity contribution in [1.29, 1.82) is 0 Å². The first kappa shape index (κ1) is 28.2. The highest BCUT2D eigenvalue weighted by Gasteiger charge is 2.54. The summed E-state index contributed by atoms with van der Waals surface area (Å²) in [4.78, 5) is 24.0. The van der Waals surface area contributed by atoms with Gasteiger partial charge in [0.25, 0.3) is 5.92 Å². The zero-order valence-corrected chi connectivity index (χ0v) is 23.4. The molecule has 5 rings (SSSR count). The predicted octanol–water partition coefficient (Wildman–Crippen LogP) is 4.14. The summed E-state index contributed by atoms with van der Waals surface area (Å²) >= 11 is 4.69. The Balaban J connectivity index is 1.57. The van der Waals surface area contributed by atoms with Crippen molar-refractivity contribution in [2.24, 2.45) is 10.4 Å². The molecule has 2 atom stereocenters. The van der Waals surface area contributed by atoms with Crippen molar-refractivity contribution in [3.63, 3.8) is 0 Å². The number of nitrogens with one attached hydrogen (secondary N) is 1. The Kier molecular flexibility index (Phi) is 7.90. The fourth-order valence-electron chi connectivity index (χ4n) is 5.32. The number of esters is 1. The fraction of sp³-hybridized carbons (Fsp3) is 0.500. The van der Waals surface area contributed by atoms with Gasteiger partial charge in [-0.2, -0.15) is 0 Å². The van der Waals surface area contributed by atoms with Crippen LogP contribution in [-0.4, -0.2) is 69.9 Å². The van der Waals surface area contributed by atoms with Gasteiger partial charge in [0.1, 0.15) is 11.9 Å². The van der Waals surface area contributed by atoms with Gasteiger partial charge in [-0.05, 0) is 43.9 Å². The van der Waals surface area contributed by atoms with Gasteiger partial charge < -0.3 is 20.3 Å². The van der Waals surface area contributed by atoms with Crippen molar-refractivity contribution in [1.82, 2.24) is 15.2 Å². The van der Waals surface area contributed by atoms with Gasteiger partial charge in [0.05, 0.1) is 18.7 Å². The Bertz CT molecular complexity index is 1300. The lowest BCUT2D eigenvalue weighted by Crippen LogP contribution is -2.42. The molecule has 1 aromatic carbocycles. The number of aliphatic imine (C=N–C) groups is 1. The van der Waals surface area contributed by atoms with Crippen LogP contribution in [0.5, 0.6) is 0 Å². The van der Waals surface area contributed by atoms with E-state index >= 15 is 0 Å². The largest absolute Gasteiger partial charge is 0.463 e. The Morgan fingerprint density at radius 3 is 2.74 bits per heavy atom. The van der Waals surface area contributed by atoms with Crippen LogP contribution in [0.1, 0.15) is 49.2 Å². The average Bonchev–Trinajstić information content (AvgIpc) is 3.32. The third-order valence-electron chi connectivity index (χ3n) is 7.44. The predicted molar refractivity (Wildman–Crippen MR) is 142 cm³/mol.